The van der Waals surface area contributed by atoms with Gasteiger partial charge in [0, 0.05) is 55.4 Å². The number of allylic oxidation sites excluding steroid dienone is 2. The smallest absolute Gasteiger partial charge is 0.256 e. The number of nitrogens with one attached hydrogen (secondary N) is 3. The van der Waals surface area contributed by atoms with Gasteiger partial charge in [0.2, 0.25) is 59.1 Å². The van der Waals surface area contributed by atoms with Crippen LogP contribution in [0.5, 0.6) is 0 Å². The van der Waals surface area contributed by atoms with Gasteiger partial charge in [-0.1, -0.05) is 81.4 Å². The number of likely N-dealkylation sites (N-methyl/N-ethyl adjacent to an activating group) is 7. The Bertz CT molecular complexity index is 2340. The van der Waals surface area contributed by atoms with Crippen molar-refractivity contribution in [2.45, 2.75) is 200 Å². The van der Waals surface area contributed by atoms with Crippen LogP contribution >= 0.6 is 12.6 Å². The Morgan fingerprint density at radius 3 is 1.55 bits per heavy atom. The van der Waals surface area contributed by atoms with Crippen LogP contribution in [-0.4, -0.2) is 249 Å². The van der Waals surface area contributed by atoms with E-state index in [1.54, 1.807) is 53.7 Å². The largest absolute Gasteiger partial charge is 0.394 e. The molecule has 83 heavy (non-hydrogen) atoms. The third kappa shape index (κ3) is 18.6. The minimum atomic E-state index is -1.66. The number of aliphatic hydroxyl groups excluding tert-OH is 2. The minimum Gasteiger partial charge on any atom is -0.394 e. The number of rotatable bonds is 13. The van der Waals surface area contributed by atoms with E-state index in [-0.39, 0.29) is 56.3 Å². The van der Waals surface area contributed by atoms with Crippen LogP contribution in [0.25, 0.3) is 0 Å². The molecule has 0 aromatic heterocycles. The number of carbonyl (C=O) groups excluding carboxylic acids is 11. The third-order valence-electron chi connectivity index (χ3n) is 16.1. The van der Waals surface area contributed by atoms with E-state index in [9.17, 15) is 63.0 Å². The summed E-state index contributed by atoms with van der Waals surface area (Å²) < 4.78 is 0. The molecule has 2 fully saturated rings. The summed E-state index contributed by atoms with van der Waals surface area (Å²) in [6.45, 7) is 21.2. The molecule has 24 nitrogen and oxygen atoms in total. The van der Waals surface area contributed by atoms with Gasteiger partial charge in [-0.15, -0.1) is 12.6 Å². The molecular formula is C58H101N11O13S. The molecule has 2 saturated heterocycles. The number of thiol groups is 1. The SMILES string of the molecule is C/C=C/CC(C)C(O)C1C(=O)N[C@H](CC)C(=O)N(C)CC(=O)N(C)[C@H](CC(C)C)C(=O)NC(C(C)C)C(=O)N(C)[C@@H]2CC(C)N(C2=O)[C@H](C)C(=O)N[C@@H](CO)C(=O)N(C)[C@H](CC(C)C)C(=O)N(C)[C@H](CC(C)C)C(=O)N(C)[C@H](S)C(=O)N1C. The van der Waals surface area contributed by atoms with E-state index in [2.05, 4.69) is 28.6 Å². The Balaban J connectivity index is 2.91. The molecule has 2 rings (SSSR count). The highest BCUT2D eigenvalue weighted by Crippen LogP contribution is 2.28. The van der Waals surface area contributed by atoms with Crippen LogP contribution in [0.15, 0.2) is 12.2 Å². The van der Waals surface area contributed by atoms with Crippen molar-refractivity contribution >= 4 is 77.6 Å². The lowest BCUT2D eigenvalue weighted by atomic mass is 9.92. The molecular weight excluding hydrogens is 1090 g/mol. The average molecular weight is 1190 g/mol. The summed E-state index contributed by atoms with van der Waals surface area (Å²) in [6.07, 6.45) is 2.67. The number of fused-ring (bicyclic) bond motifs is 2. The lowest BCUT2D eigenvalue weighted by Gasteiger charge is -2.39. The first-order valence-electron chi connectivity index (χ1n) is 29.1. The maximum Gasteiger partial charge on any atom is 0.256 e. The second kappa shape index (κ2) is 32.5. The molecule has 5 N–H and O–H groups in total. The molecule has 0 saturated carbocycles. The second-order valence-corrected chi connectivity index (χ2v) is 24.9. The molecule has 0 aliphatic carbocycles. The summed E-state index contributed by atoms with van der Waals surface area (Å²) in [5, 5.41) is 29.0. The maximum absolute atomic E-state index is 14.8. The van der Waals surface area contributed by atoms with Gasteiger partial charge in [-0.25, -0.2) is 0 Å². The van der Waals surface area contributed by atoms with Gasteiger partial charge in [0.15, 0.2) is 5.37 Å². The summed E-state index contributed by atoms with van der Waals surface area (Å²) in [4.78, 5) is 168. The minimum absolute atomic E-state index is 0.00231. The number of hydrogen-bond donors (Lipinski definition) is 6. The van der Waals surface area contributed by atoms with Crippen molar-refractivity contribution in [1.82, 2.24) is 55.1 Å². The van der Waals surface area contributed by atoms with E-state index in [0.717, 1.165) is 19.6 Å². The molecule has 0 aromatic carbocycles. The van der Waals surface area contributed by atoms with E-state index >= 15 is 0 Å². The van der Waals surface area contributed by atoms with Crippen LogP contribution < -0.4 is 16.0 Å². The molecule has 5 unspecified atom stereocenters. The van der Waals surface area contributed by atoms with E-state index in [4.69, 9.17) is 0 Å². The molecule has 2 bridgehead atoms. The maximum atomic E-state index is 14.8. The third-order valence-corrected chi connectivity index (χ3v) is 16.6. The molecule has 13 atom stereocenters. The predicted octanol–water partition coefficient (Wildman–Crippen LogP) is 0.931. The summed E-state index contributed by atoms with van der Waals surface area (Å²) in [7, 11) is 9.46. The van der Waals surface area contributed by atoms with Crippen molar-refractivity contribution in [3.05, 3.63) is 12.2 Å². The highest BCUT2D eigenvalue weighted by atomic mass is 32.1. The monoisotopic (exact) mass is 1190 g/mol. The molecule has 2 aliphatic heterocycles. The lowest BCUT2D eigenvalue weighted by Crippen LogP contribution is -2.62. The van der Waals surface area contributed by atoms with Crippen molar-refractivity contribution in [3.8, 4) is 0 Å². The Morgan fingerprint density at radius 1 is 0.578 bits per heavy atom. The summed E-state index contributed by atoms with van der Waals surface area (Å²) >= 11 is 4.60. The fraction of sp³-hybridized carbons (Fsp3) is 0.776. The first kappa shape index (κ1) is 73.3. The van der Waals surface area contributed by atoms with Crippen LogP contribution in [0.3, 0.4) is 0 Å². The Morgan fingerprint density at radius 2 is 1.07 bits per heavy atom. The normalized spacial score (nSPS) is 28.7. The first-order valence-corrected chi connectivity index (χ1v) is 29.6. The van der Waals surface area contributed by atoms with Gasteiger partial charge in [0.1, 0.15) is 54.4 Å². The van der Waals surface area contributed by atoms with Gasteiger partial charge in [-0.3, -0.25) is 52.7 Å². The molecule has 11 amide bonds. The van der Waals surface area contributed by atoms with Gasteiger partial charge >= 0.3 is 0 Å². The van der Waals surface area contributed by atoms with Crippen LogP contribution in [0.1, 0.15) is 129 Å². The Labute approximate surface area is 498 Å². The number of amides is 11. The highest BCUT2D eigenvalue weighted by Gasteiger charge is 2.48. The van der Waals surface area contributed by atoms with Gasteiger partial charge in [-0.05, 0) is 88.9 Å². The first-order chi connectivity index (χ1) is 38.4. The number of carbonyl (C=O) groups is 11. The van der Waals surface area contributed by atoms with E-state index < -0.39 is 162 Å². The van der Waals surface area contributed by atoms with Crippen LogP contribution in [0.4, 0.5) is 0 Å². The van der Waals surface area contributed by atoms with E-state index in [1.807, 2.05) is 41.5 Å². The van der Waals surface area contributed by atoms with Crippen LogP contribution in [0, 0.1) is 29.6 Å². The molecule has 2 aliphatic rings. The number of nitrogens with zero attached hydrogens (tertiary/aromatic N) is 8. The molecule has 2 heterocycles. The summed E-state index contributed by atoms with van der Waals surface area (Å²) in [5.74, 6) is -9.86. The molecule has 0 radical (unpaired) electrons. The van der Waals surface area contributed by atoms with Crippen molar-refractivity contribution in [2.75, 3.05) is 62.5 Å². The zero-order chi connectivity index (χ0) is 64.0. The molecule has 25 heteroatoms. The quantitative estimate of drug-likeness (QED) is 0.111. The summed E-state index contributed by atoms with van der Waals surface area (Å²) in [6, 6.07) is -12.3. The number of aliphatic hydroxyl groups is 2. The van der Waals surface area contributed by atoms with Crippen LogP contribution in [0.2, 0.25) is 0 Å². The van der Waals surface area contributed by atoms with E-state index in [1.165, 1.54) is 75.9 Å². The van der Waals surface area contributed by atoms with Gasteiger partial charge < -0.3 is 65.4 Å². The lowest BCUT2D eigenvalue weighted by molar-refractivity contribution is -0.154. The van der Waals surface area contributed by atoms with Crippen molar-refractivity contribution in [2.24, 2.45) is 29.6 Å². The average Bonchev–Trinajstić information content (AvgIpc) is 3.99. The van der Waals surface area contributed by atoms with Crippen molar-refractivity contribution in [3.63, 3.8) is 0 Å². The Hall–Kier alpha value is -5.82. The van der Waals surface area contributed by atoms with Crippen molar-refractivity contribution < 1.29 is 63.0 Å². The second-order valence-electron chi connectivity index (χ2n) is 24.4. The predicted molar refractivity (Wildman–Crippen MR) is 317 cm³/mol. The molecule has 0 spiro atoms. The fourth-order valence-electron chi connectivity index (χ4n) is 10.6. The van der Waals surface area contributed by atoms with Gasteiger partial charge in [0.25, 0.3) is 5.91 Å². The zero-order valence-electron chi connectivity index (χ0n) is 53.0. The highest BCUT2D eigenvalue weighted by molar-refractivity contribution is 7.81. The summed E-state index contributed by atoms with van der Waals surface area (Å²) in [5.41, 5.74) is 0. The standard InChI is InChI=1S/C58H101N11O13S/c1-21-23-24-35(11)47(72)46-50(75)59-38(22-2)51(76)62(14)29-44(71)63(15)40(25-31(3)4)49(74)61-45(34(9)10)56(81)66(18)43-28-36(12)69(55(43)80)37(13)48(73)60-39(30-70)52(77)64(16)41(26-32(5)6)53(78)65(17)42(27-33(7)8)54(79)68(20)58(83)57(82)67(46)19/h21,23,31-43,45-47,58,70,72,83H,22,24-30H2,1-20H3,(H,59,75)(H,60,73)(H,61,74)/b23-21+/t35?,36?,37-,38-,39+,40-,41-,42-,43-,45?,46?,47?,58-/m1/s1. The van der Waals surface area contributed by atoms with Crippen molar-refractivity contribution in [1.29, 1.82) is 0 Å². The molecule has 0 aromatic rings. The Kier molecular flexibility index (Phi) is 28.7. The van der Waals surface area contributed by atoms with Crippen LogP contribution in [-0.2, 0) is 52.7 Å². The topological polar surface area (TPSA) is 290 Å². The van der Waals surface area contributed by atoms with Gasteiger partial charge in [0.05, 0.1) is 19.3 Å². The van der Waals surface area contributed by atoms with Gasteiger partial charge in [-0.2, -0.15) is 0 Å². The fourth-order valence-corrected chi connectivity index (χ4v) is 10.9. The van der Waals surface area contributed by atoms with E-state index in [0.29, 0.717) is 0 Å². The zero-order valence-corrected chi connectivity index (χ0v) is 53.9. The molecule has 472 valence electrons. The number of hydrogen-bond acceptors (Lipinski definition) is 14.